The molecular formula is C20H21N3O7. The molecule has 2 rings (SSSR count). The maximum atomic E-state index is 12.0. The highest BCUT2D eigenvalue weighted by atomic mass is 16.6. The molecule has 2 N–H and O–H groups in total. The lowest BCUT2D eigenvalue weighted by atomic mass is 10.1. The third-order valence-corrected chi connectivity index (χ3v) is 4.06. The van der Waals surface area contributed by atoms with Gasteiger partial charge in [0.1, 0.15) is 12.3 Å². The Bertz CT molecular complexity index is 946. The maximum Gasteiger partial charge on any atom is 0.325 e. The van der Waals surface area contributed by atoms with Gasteiger partial charge in [0.2, 0.25) is 0 Å². The van der Waals surface area contributed by atoms with E-state index in [1.54, 1.807) is 25.1 Å². The quantitative estimate of drug-likeness (QED) is 0.362. The van der Waals surface area contributed by atoms with Crippen molar-refractivity contribution in [2.45, 2.75) is 13.0 Å². The van der Waals surface area contributed by atoms with Crippen molar-refractivity contribution in [1.82, 2.24) is 10.6 Å². The number of para-hydroxylation sites is 1. The number of carbonyl (C=O) groups is 3. The van der Waals surface area contributed by atoms with Crippen LogP contribution in [0.25, 0.3) is 0 Å². The molecule has 0 radical (unpaired) electrons. The van der Waals surface area contributed by atoms with Crippen LogP contribution in [-0.4, -0.2) is 43.0 Å². The summed E-state index contributed by atoms with van der Waals surface area (Å²) in [6.07, 6.45) is 0. The second kappa shape index (κ2) is 10.6. The molecular weight excluding hydrogens is 394 g/mol. The lowest BCUT2D eigenvalue weighted by molar-refractivity contribution is -0.384. The molecule has 2 aromatic carbocycles. The molecule has 10 heteroatoms. The standard InChI is InChI=1S/C20H21N3O7/c1-13(16-8-3-4-9-17(16)29-2)22-18(24)12-30-19(25)11-21-20(26)14-6-5-7-15(10-14)23(27)28/h3-10,13H,11-12H2,1-2H3,(H,21,26)(H,22,24). The van der Waals surface area contributed by atoms with Gasteiger partial charge in [-0.25, -0.2) is 0 Å². The summed E-state index contributed by atoms with van der Waals surface area (Å²) in [6.45, 7) is 0.749. The fourth-order valence-electron chi connectivity index (χ4n) is 2.60. The van der Waals surface area contributed by atoms with Gasteiger partial charge in [-0.2, -0.15) is 0 Å². The summed E-state index contributed by atoms with van der Waals surface area (Å²) in [5.74, 6) is -1.41. The molecule has 30 heavy (non-hydrogen) atoms. The highest BCUT2D eigenvalue weighted by Crippen LogP contribution is 2.24. The average Bonchev–Trinajstić information content (AvgIpc) is 2.75. The van der Waals surface area contributed by atoms with Gasteiger partial charge >= 0.3 is 5.97 Å². The Labute approximate surface area is 172 Å². The SMILES string of the molecule is COc1ccccc1C(C)NC(=O)COC(=O)CNC(=O)c1cccc([N+](=O)[O-])c1. The van der Waals surface area contributed by atoms with Crippen molar-refractivity contribution in [3.8, 4) is 5.75 Å². The Morgan fingerprint density at radius 3 is 2.57 bits per heavy atom. The normalized spacial score (nSPS) is 11.1. The van der Waals surface area contributed by atoms with Crippen LogP contribution in [-0.2, 0) is 14.3 Å². The zero-order chi connectivity index (χ0) is 22.1. The molecule has 0 fully saturated rings. The van der Waals surface area contributed by atoms with Crippen LogP contribution in [0.3, 0.4) is 0 Å². The molecule has 1 unspecified atom stereocenters. The minimum Gasteiger partial charge on any atom is -0.496 e. The number of nitrogens with zero attached hydrogens (tertiary/aromatic N) is 1. The zero-order valence-electron chi connectivity index (χ0n) is 16.4. The first-order valence-corrected chi connectivity index (χ1v) is 8.92. The molecule has 0 saturated heterocycles. The predicted octanol–water partition coefficient (Wildman–Crippen LogP) is 1.75. The van der Waals surface area contributed by atoms with Crippen LogP contribution in [0.5, 0.6) is 5.75 Å². The second-order valence-electron chi connectivity index (χ2n) is 6.18. The molecule has 10 nitrogen and oxygen atoms in total. The number of amides is 2. The van der Waals surface area contributed by atoms with Crippen LogP contribution in [0.1, 0.15) is 28.9 Å². The Morgan fingerprint density at radius 2 is 1.87 bits per heavy atom. The van der Waals surface area contributed by atoms with Crippen molar-refractivity contribution >= 4 is 23.5 Å². The van der Waals surface area contributed by atoms with Gasteiger partial charge in [-0.05, 0) is 19.1 Å². The van der Waals surface area contributed by atoms with E-state index < -0.39 is 35.9 Å². The van der Waals surface area contributed by atoms with Crippen molar-refractivity contribution in [2.75, 3.05) is 20.3 Å². The van der Waals surface area contributed by atoms with Gasteiger partial charge in [0.15, 0.2) is 6.61 Å². The maximum absolute atomic E-state index is 12.0. The Kier molecular flexibility index (Phi) is 7.86. The van der Waals surface area contributed by atoms with Crippen molar-refractivity contribution in [3.63, 3.8) is 0 Å². The monoisotopic (exact) mass is 415 g/mol. The van der Waals surface area contributed by atoms with Crippen LogP contribution in [0, 0.1) is 10.1 Å². The van der Waals surface area contributed by atoms with Crippen molar-refractivity contribution in [2.24, 2.45) is 0 Å². The first-order chi connectivity index (χ1) is 14.3. The fourth-order valence-corrected chi connectivity index (χ4v) is 2.60. The Morgan fingerprint density at radius 1 is 1.13 bits per heavy atom. The molecule has 158 valence electrons. The summed E-state index contributed by atoms with van der Waals surface area (Å²) in [5.41, 5.74) is 0.551. The highest BCUT2D eigenvalue weighted by molar-refractivity contribution is 5.96. The highest BCUT2D eigenvalue weighted by Gasteiger charge is 2.16. The number of ether oxygens (including phenoxy) is 2. The number of hydrogen-bond donors (Lipinski definition) is 2. The summed E-state index contributed by atoms with van der Waals surface area (Å²) < 4.78 is 10.1. The number of nitrogens with one attached hydrogen (secondary N) is 2. The molecule has 0 aliphatic carbocycles. The van der Waals surface area contributed by atoms with E-state index in [1.165, 1.54) is 25.3 Å². The summed E-state index contributed by atoms with van der Waals surface area (Å²) in [7, 11) is 1.52. The number of benzene rings is 2. The number of esters is 1. The zero-order valence-corrected chi connectivity index (χ0v) is 16.4. The van der Waals surface area contributed by atoms with E-state index in [4.69, 9.17) is 9.47 Å². The largest absolute Gasteiger partial charge is 0.496 e. The number of nitro benzene ring substituents is 1. The van der Waals surface area contributed by atoms with E-state index in [2.05, 4.69) is 10.6 Å². The van der Waals surface area contributed by atoms with Gasteiger partial charge in [-0.15, -0.1) is 0 Å². The third kappa shape index (κ3) is 6.30. The Hall–Kier alpha value is -3.95. The van der Waals surface area contributed by atoms with Crippen molar-refractivity contribution in [1.29, 1.82) is 0 Å². The first kappa shape index (κ1) is 22.3. The molecule has 2 amide bonds. The lowest BCUT2D eigenvalue weighted by Gasteiger charge is -2.17. The minimum atomic E-state index is -0.825. The summed E-state index contributed by atoms with van der Waals surface area (Å²) in [5, 5.41) is 15.7. The lowest BCUT2D eigenvalue weighted by Crippen LogP contribution is -2.34. The number of non-ortho nitro benzene ring substituents is 1. The predicted molar refractivity (Wildman–Crippen MR) is 106 cm³/mol. The molecule has 1 atom stereocenters. The van der Waals surface area contributed by atoms with Gasteiger partial charge in [0.25, 0.3) is 17.5 Å². The summed E-state index contributed by atoms with van der Waals surface area (Å²) >= 11 is 0. The molecule has 0 aliphatic heterocycles. The number of nitro groups is 1. The van der Waals surface area contributed by atoms with Gasteiger partial charge in [-0.3, -0.25) is 24.5 Å². The summed E-state index contributed by atoms with van der Waals surface area (Å²) in [4.78, 5) is 45.9. The Balaban J connectivity index is 1.79. The molecule has 0 spiro atoms. The fraction of sp³-hybridized carbons (Fsp3) is 0.250. The molecule has 0 heterocycles. The van der Waals surface area contributed by atoms with E-state index in [9.17, 15) is 24.5 Å². The van der Waals surface area contributed by atoms with E-state index in [-0.39, 0.29) is 17.3 Å². The smallest absolute Gasteiger partial charge is 0.325 e. The third-order valence-electron chi connectivity index (χ3n) is 4.06. The van der Waals surface area contributed by atoms with Gasteiger partial charge in [-0.1, -0.05) is 24.3 Å². The van der Waals surface area contributed by atoms with Gasteiger partial charge < -0.3 is 20.1 Å². The van der Waals surface area contributed by atoms with Crippen LogP contribution in [0.4, 0.5) is 5.69 Å². The molecule has 0 aliphatic rings. The van der Waals surface area contributed by atoms with Crippen LogP contribution in [0.15, 0.2) is 48.5 Å². The van der Waals surface area contributed by atoms with Crippen LogP contribution in [0.2, 0.25) is 0 Å². The molecule has 2 aromatic rings. The van der Waals surface area contributed by atoms with Crippen LogP contribution < -0.4 is 15.4 Å². The van der Waals surface area contributed by atoms with Crippen molar-refractivity contribution < 1.29 is 28.8 Å². The molecule has 0 saturated carbocycles. The van der Waals surface area contributed by atoms with E-state index in [0.29, 0.717) is 5.75 Å². The van der Waals surface area contributed by atoms with E-state index in [0.717, 1.165) is 11.6 Å². The van der Waals surface area contributed by atoms with Crippen molar-refractivity contribution in [3.05, 3.63) is 69.8 Å². The average molecular weight is 415 g/mol. The van der Waals surface area contributed by atoms with E-state index >= 15 is 0 Å². The number of rotatable bonds is 9. The molecule has 0 bridgehead atoms. The van der Waals surface area contributed by atoms with Gasteiger partial charge in [0, 0.05) is 23.3 Å². The first-order valence-electron chi connectivity index (χ1n) is 8.92. The summed E-state index contributed by atoms with van der Waals surface area (Å²) in [6, 6.07) is 11.9. The number of methoxy groups -OCH3 is 1. The second-order valence-corrected chi connectivity index (χ2v) is 6.18. The van der Waals surface area contributed by atoms with Crippen LogP contribution >= 0.6 is 0 Å². The minimum absolute atomic E-state index is 0.0281. The number of hydrogen-bond acceptors (Lipinski definition) is 7. The molecule has 0 aromatic heterocycles. The van der Waals surface area contributed by atoms with E-state index in [1.807, 2.05) is 6.07 Å². The number of carbonyl (C=O) groups excluding carboxylic acids is 3. The topological polar surface area (TPSA) is 137 Å². The van der Waals surface area contributed by atoms with Gasteiger partial charge in [0.05, 0.1) is 18.1 Å².